The fourth-order valence-electron chi connectivity index (χ4n) is 2.94. The number of nitrogens with zero attached hydrogens (tertiary/aromatic N) is 1. The summed E-state index contributed by atoms with van der Waals surface area (Å²) in [6.07, 6.45) is 2.81. The Morgan fingerprint density at radius 3 is 2.70 bits per heavy atom. The van der Waals surface area contributed by atoms with Gasteiger partial charge in [-0.25, -0.2) is 0 Å². The molecule has 0 saturated carbocycles. The van der Waals surface area contributed by atoms with Gasteiger partial charge in [0.05, 0.1) is 6.10 Å². The topological polar surface area (TPSA) is 24.5 Å². The molecule has 0 amide bonds. The number of nitrogens with one attached hydrogen (secondary N) is 1. The van der Waals surface area contributed by atoms with Crippen molar-refractivity contribution in [2.24, 2.45) is 0 Å². The minimum Gasteiger partial charge on any atom is -0.377 e. The highest BCUT2D eigenvalue weighted by molar-refractivity contribution is 5.48. The Morgan fingerprint density at radius 1 is 1.30 bits per heavy atom. The largest absolute Gasteiger partial charge is 0.377 e. The Morgan fingerprint density at radius 2 is 2.05 bits per heavy atom. The molecule has 1 aromatic carbocycles. The van der Waals surface area contributed by atoms with E-state index in [0.29, 0.717) is 12.1 Å². The predicted molar refractivity (Wildman–Crippen MR) is 85.4 cm³/mol. The van der Waals surface area contributed by atoms with E-state index in [9.17, 15) is 0 Å². The van der Waals surface area contributed by atoms with Crippen molar-refractivity contribution in [3.63, 3.8) is 0 Å². The zero-order chi connectivity index (χ0) is 14.4. The third kappa shape index (κ3) is 3.97. The zero-order valence-corrected chi connectivity index (χ0v) is 13.1. The lowest BCUT2D eigenvalue weighted by molar-refractivity contribution is 0.0527. The summed E-state index contributed by atoms with van der Waals surface area (Å²) in [6, 6.07) is 9.40. The SMILES string of the molecule is CCNC(C)c1ccc(N2CCCC(OCC)C2)cc1. The third-order valence-electron chi connectivity index (χ3n) is 4.05. The first-order valence-electron chi connectivity index (χ1n) is 7.94. The van der Waals surface area contributed by atoms with E-state index in [1.54, 1.807) is 0 Å². The number of anilines is 1. The lowest BCUT2D eigenvalue weighted by atomic mass is 10.0. The van der Waals surface area contributed by atoms with E-state index >= 15 is 0 Å². The van der Waals surface area contributed by atoms with Crippen LogP contribution in [0, 0.1) is 0 Å². The van der Waals surface area contributed by atoms with Gasteiger partial charge in [0.2, 0.25) is 0 Å². The van der Waals surface area contributed by atoms with Crippen LogP contribution in [-0.4, -0.2) is 32.3 Å². The van der Waals surface area contributed by atoms with E-state index in [-0.39, 0.29) is 0 Å². The second kappa shape index (κ2) is 7.65. The number of hydrogen-bond donors (Lipinski definition) is 1. The molecule has 3 nitrogen and oxygen atoms in total. The molecule has 0 aliphatic carbocycles. The summed E-state index contributed by atoms with van der Waals surface area (Å²) in [6.45, 7) is 10.4. The average molecular weight is 276 g/mol. The molecule has 0 spiro atoms. The van der Waals surface area contributed by atoms with Crippen LogP contribution in [0.25, 0.3) is 0 Å². The molecule has 0 bridgehead atoms. The number of rotatable bonds is 6. The first-order valence-corrected chi connectivity index (χ1v) is 7.94. The van der Waals surface area contributed by atoms with Gasteiger partial charge in [0.15, 0.2) is 0 Å². The molecule has 2 unspecified atom stereocenters. The summed E-state index contributed by atoms with van der Waals surface area (Å²) < 4.78 is 5.78. The Bertz CT molecular complexity index is 388. The van der Waals surface area contributed by atoms with Crippen molar-refractivity contribution in [2.75, 3.05) is 31.1 Å². The van der Waals surface area contributed by atoms with Crippen molar-refractivity contribution in [2.45, 2.75) is 45.8 Å². The standard InChI is InChI=1S/C17H28N2O/c1-4-18-14(3)15-8-10-16(11-9-15)19-12-6-7-17(13-19)20-5-2/h8-11,14,17-18H,4-7,12-13H2,1-3H3. The van der Waals surface area contributed by atoms with Gasteiger partial charge >= 0.3 is 0 Å². The zero-order valence-electron chi connectivity index (χ0n) is 13.1. The van der Waals surface area contributed by atoms with Crippen molar-refractivity contribution in [1.29, 1.82) is 0 Å². The van der Waals surface area contributed by atoms with Crippen LogP contribution >= 0.6 is 0 Å². The maximum Gasteiger partial charge on any atom is 0.0750 e. The van der Waals surface area contributed by atoms with Gasteiger partial charge in [0.25, 0.3) is 0 Å². The molecular formula is C17H28N2O. The number of ether oxygens (including phenoxy) is 1. The van der Waals surface area contributed by atoms with Crippen LogP contribution in [0.15, 0.2) is 24.3 Å². The summed E-state index contributed by atoms with van der Waals surface area (Å²) >= 11 is 0. The van der Waals surface area contributed by atoms with Crippen molar-refractivity contribution in [3.8, 4) is 0 Å². The van der Waals surface area contributed by atoms with Crippen LogP contribution in [0.1, 0.15) is 45.2 Å². The Hall–Kier alpha value is -1.06. The monoisotopic (exact) mass is 276 g/mol. The number of piperidine rings is 1. The molecular weight excluding hydrogens is 248 g/mol. The summed E-state index contributed by atoms with van der Waals surface area (Å²) in [5.41, 5.74) is 2.68. The molecule has 20 heavy (non-hydrogen) atoms. The molecule has 0 aromatic heterocycles. The first-order chi connectivity index (χ1) is 9.74. The molecule has 1 aliphatic heterocycles. The van der Waals surface area contributed by atoms with Crippen LogP contribution < -0.4 is 10.2 Å². The summed E-state index contributed by atoms with van der Waals surface area (Å²) in [5.74, 6) is 0. The molecule has 1 N–H and O–H groups in total. The Labute approximate surface area is 123 Å². The van der Waals surface area contributed by atoms with Crippen LogP contribution in [0.4, 0.5) is 5.69 Å². The van der Waals surface area contributed by atoms with Crippen molar-refractivity contribution in [1.82, 2.24) is 5.32 Å². The lowest BCUT2D eigenvalue weighted by Gasteiger charge is -2.34. The molecule has 1 aromatic rings. The molecule has 2 atom stereocenters. The van der Waals surface area contributed by atoms with E-state index in [1.807, 2.05) is 0 Å². The van der Waals surface area contributed by atoms with Crippen LogP contribution in [0.5, 0.6) is 0 Å². The summed E-state index contributed by atoms with van der Waals surface area (Å²) in [4.78, 5) is 2.45. The van der Waals surface area contributed by atoms with E-state index in [1.165, 1.54) is 24.1 Å². The Balaban J connectivity index is 1.98. The fraction of sp³-hybridized carbons (Fsp3) is 0.647. The number of hydrogen-bond acceptors (Lipinski definition) is 3. The Kier molecular flexibility index (Phi) is 5.86. The highest BCUT2D eigenvalue weighted by Crippen LogP contribution is 2.23. The van der Waals surface area contributed by atoms with E-state index in [4.69, 9.17) is 4.74 Å². The highest BCUT2D eigenvalue weighted by atomic mass is 16.5. The van der Waals surface area contributed by atoms with E-state index in [0.717, 1.165) is 26.2 Å². The molecule has 1 heterocycles. The predicted octanol–water partition coefficient (Wildman–Crippen LogP) is 3.36. The van der Waals surface area contributed by atoms with Crippen molar-refractivity contribution >= 4 is 5.69 Å². The fourth-order valence-corrected chi connectivity index (χ4v) is 2.94. The van der Waals surface area contributed by atoms with Crippen molar-refractivity contribution in [3.05, 3.63) is 29.8 Å². The molecule has 0 radical (unpaired) electrons. The van der Waals surface area contributed by atoms with E-state index in [2.05, 4.69) is 55.3 Å². The molecule has 3 heteroatoms. The quantitative estimate of drug-likeness (QED) is 0.862. The van der Waals surface area contributed by atoms with Gasteiger partial charge < -0.3 is 15.0 Å². The molecule has 1 fully saturated rings. The smallest absolute Gasteiger partial charge is 0.0750 e. The van der Waals surface area contributed by atoms with Crippen LogP contribution in [0.3, 0.4) is 0 Å². The second-order valence-corrected chi connectivity index (χ2v) is 5.54. The minimum atomic E-state index is 0.397. The normalized spacial score (nSPS) is 20.9. The first kappa shape index (κ1) is 15.3. The highest BCUT2D eigenvalue weighted by Gasteiger charge is 2.20. The van der Waals surface area contributed by atoms with Gasteiger partial charge in [-0.15, -0.1) is 0 Å². The molecule has 112 valence electrons. The second-order valence-electron chi connectivity index (χ2n) is 5.54. The van der Waals surface area contributed by atoms with Gasteiger partial charge in [-0.2, -0.15) is 0 Å². The molecule has 1 saturated heterocycles. The van der Waals surface area contributed by atoms with Gasteiger partial charge in [-0.1, -0.05) is 19.1 Å². The molecule has 2 rings (SSSR count). The summed E-state index contributed by atoms with van der Waals surface area (Å²) in [7, 11) is 0. The maximum atomic E-state index is 5.78. The van der Waals surface area contributed by atoms with Crippen LogP contribution in [0.2, 0.25) is 0 Å². The lowest BCUT2D eigenvalue weighted by Crippen LogP contribution is -2.39. The minimum absolute atomic E-state index is 0.397. The average Bonchev–Trinajstić information content (AvgIpc) is 2.48. The van der Waals surface area contributed by atoms with Gasteiger partial charge in [-0.05, 0) is 50.9 Å². The number of benzene rings is 1. The van der Waals surface area contributed by atoms with Gasteiger partial charge in [-0.3, -0.25) is 0 Å². The maximum absolute atomic E-state index is 5.78. The van der Waals surface area contributed by atoms with Crippen LogP contribution in [-0.2, 0) is 4.74 Å². The third-order valence-corrected chi connectivity index (χ3v) is 4.05. The van der Waals surface area contributed by atoms with Crippen molar-refractivity contribution < 1.29 is 4.74 Å². The van der Waals surface area contributed by atoms with E-state index < -0.39 is 0 Å². The molecule has 1 aliphatic rings. The van der Waals surface area contributed by atoms with Gasteiger partial charge in [0.1, 0.15) is 0 Å². The summed E-state index contributed by atoms with van der Waals surface area (Å²) in [5, 5.41) is 3.45. The van der Waals surface area contributed by atoms with Gasteiger partial charge in [0, 0.05) is 31.4 Å².